The van der Waals surface area contributed by atoms with E-state index in [4.69, 9.17) is 43.6 Å². The second kappa shape index (κ2) is 47.4. The Kier molecular flexibility index (Phi) is 34.8. The lowest BCUT2D eigenvalue weighted by Gasteiger charge is -2.27. The zero-order valence-corrected chi connectivity index (χ0v) is 81.2. The average molecular weight is 1890 g/mol. The van der Waals surface area contributed by atoms with Crippen molar-refractivity contribution < 1.29 is 63.3 Å². The van der Waals surface area contributed by atoms with E-state index in [0.717, 1.165) is 140 Å². The number of unbranched alkanes of at least 4 members (excludes halogenated alkanes) is 1. The van der Waals surface area contributed by atoms with E-state index in [1.165, 1.54) is 6.33 Å². The molecule has 41 nitrogen and oxygen atoms in total. The Morgan fingerprint density at radius 2 is 0.775 bits per heavy atom. The summed E-state index contributed by atoms with van der Waals surface area (Å²) in [5.41, 5.74) is 13.6. The second-order valence-electron chi connectivity index (χ2n) is 36.6. The van der Waals surface area contributed by atoms with E-state index in [2.05, 4.69) is 144 Å². The Balaban J connectivity index is 0.000000155. The predicted octanol–water partition coefficient (Wildman–Crippen LogP) is 14.4. The lowest BCUT2D eigenvalue weighted by Crippen LogP contribution is -2.29. The number of anilines is 3. The number of carbonyl (C=O) groups is 4. The highest BCUT2D eigenvalue weighted by Crippen LogP contribution is 2.38. The van der Waals surface area contributed by atoms with Crippen LogP contribution in [0.15, 0.2) is 91.6 Å². The number of nitrogens with one attached hydrogen (secondary N) is 3. The van der Waals surface area contributed by atoms with Crippen molar-refractivity contribution in [3.05, 3.63) is 160 Å². The van der Waals surface area contributed by atoms with Crippen LogP contribution in [0.4, 0.5) is 17.8 Å². The first-order chi connectivity index (χ1) is 66.3. The molecule has 12 aromatic heterocycles. The van der Waals surface area contributed by atoms with Gasteiger partial charge in [0.2, 0.25) is 23.7 Å². The van der Waals surface area contributed by atoms with Crippen LogP contribution in [0.3, 0.4) is 0 Å². The van der Waals surface area contributed by atoms with E-state index in [1.807, 2.05) is 123 Å². The summed E-state index contributed by atoms with van der Waals surface area (Å²) in [5.74, 6) is 2.15. The van der Waals surface area contributed by atoms with Crippen LogP contribution in [0.1, 0.15) is 245 Å². The fourth-order valence-corrected chi connectivity index (χ4v) is 16.8. The Morgan fingerprint density at radius 1 is 0.413 bits per heavy atom. The molecule has 0 bridgehead atoms. The Labute approximate surface area is 801 Å². The number of pyridine rings is 4. The Hall–Kier alpha value is -14.3. The van der Waals surface area contributed by atoms with Crippen molar-refractivity contribution in [1.82, 2.24) is 125 Å². The van der Waals surface area contributed by atoms with Crippen molar-refractivity contribution in [3.8, 4) is 74.4 Å². The van der Waals surface area contributed by atoms with Crippen LogP contribution >= 0.6 is 0 Å². The maximum atomic E-state index is 11.4. The molecule has 0 amide bonds. The third-order valence-corrected chi connectivity index (χ3v) is 24.7. The summed E-state index contributed by atoms with van der Waals surface area (Å²) in [6.07, 6.45) is 22.3. The van der Waals surface area contributed by atoms with Crippen LogP contribution in [0.2, 0.25) is 0 Å². The molecule has 12 aromatic rings. The standard InChI is InChI=1S/C25H33N7O3.C24H32N8O3.C24H31N7O3.C24H30N6O4/c1-15-20(35-17-8-6-7-16(13-17)23(33)34)10-9-18(28-15)22-19(32(5)31-30-22)14-27-24-26-12-11-21(29-24)25(2,3)4;1-4-5-9-21-26-14-27-24(29-21)25-13-19-22(30-31-32(19)3)18-10-11-20(15(2)28-18)35-17-8-6-7-16(12-17)23(33)34;1-14(2)18-10-11-25-24(28-18)26-13-20-22(29-30-31(20)4)19-8-9-21(15(3)27-19)34-17-7-5-6-16(12-17)23(32)33;1-4-12-33-22-10-11-25-21(27-22)14-19-23(28-29-30(19)3)18-8-9-20(15(2)26-18)34-17-7-5-6-16(13-17)24(31)32/h9-12,16-17H,6-8,13-14H2,1-5H3,(H,33,34)(H,26,27,29);10-11,14,16-17H,4-9,12-13H2,1-3H3,(H,33,34)(H,25,26,27,29);8-11,14,16-17H,5-7,12-13H2,1-4H3,(H,32,33)(H,25,26,28);8-11,16-17H,4-7,12-14H2,1-3H3,(H,31,32)/t4*16-,17-/m0000/s1. The molecule has 0 unspecified atom stereocenters. The van der Waals surface area contributed by atoms with Gasteiger partial charge in [-0.25, -0.2) is 68.9 Å². The van der Waals surface area contributed by atoms with E-state index >= 15 is 0 Å². The van der Waals surface area contributed by atoms with Gasteiger partial charge in [0.05, 0.1) is 155 Å². The predicted molar refractivity (Wildman–Crippen MR) is 510 cm³/mol. The third-order valence-electron chi connectivity index (χ3n) is 24.7. The maximum absolute atomic E-state index is 11.4. The van der Waals surface area contributed by atoms with E-state index in [-0.39, 0.29) is 53.5 Å². The quantitative estimate of drug-likeness (QED) is 0.0197. The SMILES string of the molecule is CCCCc1ncnc(NCc2c(-c3ccc(O[C@H]4CCC[C@H](C(=O)O)C4)c(C)n3)nnn2C)n1.CCCOc1ccnc(Cc2c(-c3ccc(O[C@H]4CCC[C@H](C(=O)O)C4)c(C)n3)nnn2C)n1.Cc1nc(-c2nnn(C)c2CNc2nccc(C(C)(C)C)n2)ccc1O[C@H]1CCC[C@H](C(=O)O)C1.Cc1nc(-c2nnn(C)c2CNc2nccc(C(C)C)n2)ccc1O[C@H]1CCC[C@H](C(=O)O)C1. The summed E-state index contributed by atoms with van der Waals surface area (Å²) in [7, 11) is 7.34. The molecule has 4 fully saturated rings. The summed E-state index contributed by atoms with van der Waals surface area (Å²) in [6.45, 7) is 24.1. The number of aliphatic carboxylic acids is 4. The summed E-state index contributed by atoms with van der Waals surface area (Å²) in [4.78, 5) is 104. The van der Waals surface area contributed by atoms with Crippen LogP contribution in [-0.4, -0.2) is 200 Å². The molecular weight excluding hydrogens is 1770 g/mol. The summed E-state index contributed by atoms with van der Waals surface area (Å²) >= 11 is 0. The number of aryl methyl sites for hydroxylation is 9. The molecular formula is C97H126N28O13. The normalized spacial score (nSPS) is 18.1. The van der Waals surface area contributed by atoms with Gasteiger partial charge in [-0.15, -0.1) is 20.4 Å². The summed E-state index contributed by atoms with van der Waals surface area (Å²) < 4.78 is 37.0. The number of rotatable bonds is 34. The van der Waals surface area contributed by atoms with Gasteiger partial charge in [0.25, 0.3) is 0 Å². The maximum Gasteiger partial charge on any atom is 0.306 e. The molecule has 7 N–H and O–H groups in total. The van der Waals surface area contributed by atoms with Crippen LogP contribution < -0.4 is 39.6 Å². The molecule has 4 saturated carbocycles. The molecule has 41 heteroatoms. The molecule has 0 spiro atoms. The van der Waals surface area contributed by atoms with Gasteiger partial charge < -0.3 is 60.1 Å². The fourth-order valence-electron chi connectivity index (χ4n) is 16.8. The van der Waals surface area contributed by atoms with Gasteiger partial charge in [0, 0.05) is 70.4 Å². The third kappa shape index (κ3) is 27.3. The van der Waals surface area contributed by atoms with Gasteiger partial charge in [-0.2, -0.15) is 9.97 Å². The minimum Gasteiger partial charge on any atom is -0.489 e. The van der Waals surface area contributed by atoms with Gasteiger partial charge in [-0.3, -0.25) is 23.9 Å². The summed E-state index contributed by atoms with van der Waals surface area (Å²) in [6, 6.07) is 20.5. The largest absolute Gasteiger partial charge is 0.489 e. The molecule has 0 radical (unpaired) electrons. The van der Waals surface area contributed by atoms with Crippen molar-refractivity contribution in [2.24, 2.45) is 51.9 Å². The second-order valence-corrected chi connectivity index (χ2v) is 36.6. The highest BCUT2D eigenvalue weighted by molar-refractivity contribution is 5.72. The van der Waals surface area contributed by atoms with Crippen molar-refractivity contribution in [3.63, 3.8) is 0 Å². The highest BCUT2D eigenvalue weighted by atomic mass is 16.5. The minimum absolute atomic E-state index is 0.0734. The molecule has 8 atom stereocenters. The first-order valence-corrected chi connectivity index (χ1v) is 47.4. The number of aromatic nitrogens is 25. The summed E-state index contributed by atoms with van der Waals surface area (Å²) in [5, 5.41) is 81.2. The van der Waals surface area contributed by atoms with Crippen LogP contribution in [-0.2, 0) is 85.3 Å². The molecule has 4 aliphatic rings. The number of nitrogens with zero attached hydrogens (tertiary/aromatic N) is 25. The number of hydrogen-bond donors (Lipinski definition) is 7. The van der Waals surface area contributed by atoms with Crippen molar-refractivity contribution in [2.75, 3.05) is 22.6 Å². The molecule has 0 saturated heterocycles. The lowest BCUT2D eigenvalue weighted by atomic mass is 9.87. The van der Waals surface area contributed by atoms with Gasteiger partial charge in [-0.05, 0) is 210 Å². The molecule has 16 rings (SSSR count). The zero-order chi connectivity index (χ0) is 98.3. The topological polar surface area (TPSA) is 522 Å². The van der Waals surface area contributed by atoms with Gasteiger partial charge in [0.15, 0.2) is 0 Å². The monoisotopic (exact) mass is 1890 g/mol. The Bertz CT molecular complexity index is 6140. The van der Waals surface area contributed by atoms with Gasteiger partial charge in [-0.1, -0.05) is 75.7 Å². The van der Waals surface area contributed by atoms with E-state index in [9.17, 15) is 39.6 Å². The minimum atomic E-state index is -0.750. The first-order valence-electron chi connectivity index (χ1n) is 47.4. The van der Waals surface area contributed by atoms with Crippen LogP contribution in [0, 0.1) is 51.4 Å². The van der Waals surface area contributed by atoms with E-state index < -0.39 is 23.9 Å². The number of carboxylic acids is 4. The Morgan fingerprint density at radius 3 is 1.14 bits per heavy atom. The average Bonchev–Trinajstić information content (AvgIpc) is 1.64. The molecule has 138 heavy (non-hydrogen) atoms. The number of hydrogen-bond acceptors (Lipinski definition) is 33. The van der Waals surface area contributed by atoms with Gasteiger partial charge >= 0.3 is 23.9 Å². The molecule has 0 aromatic carbocycles. The van der Waals surface area contributed by atoms with Crippen molar-refractivity contribution >= 4 is 41.7 Å². The molecule has 4 aliphatic carbocycles. The highest BCUT2D eigenvalue weighted by Gasteiger charge is 2.34. The number of carboxylic acid groups (broad SMARTS) is 4. The van der Waals surface area contributed by atoms with Crippen LogP contribution in [0.5, 0.6) is 28.9 Å². The zero-order valence-electron chi connectivity index (χ0n) is 81.2. The molecule has 12 heterocycles. The first kappa shape index (κ1) is 101. The fraction of sp³-hybridized carbons (Fsp3) is 0.515. The smallest absolute Gasteiger partial charge is 0.306 e. The van der Waals surface area contributed by atoms with Gasteiger partial charge in [0.1, 0.15) is 63.7 Å². The van der Waals surface area contributed by atoms with Crippen molar-refractivity contribution in [1.29, 1.82) is 0 Å². The number of ether oxygens (including phenoxy) is 5. The van der Waals surface area contributed by atoms with E-state index in [0.29, 0.717) is 188 Å². The van der Waals surface area contributed by atoms with E-state index in [1.54, 1.807) is 43.4 Å². The van der Waals surface area contributed by atoms with Crippen LogP contribution in [0.25, 0.3) is 45.6 Å². The molecule has 732 valence electrons. The van der Waals surface area contributed by atoms with Crippen molar-refractivity contribution in [2.45, 2.75) is 266 Å². The lowest BCUT2D eigenvalue weighted by molar-refractivity contribution is -0.144. The molecule has 0 aliphatic heterocycles.